The first-order valence-corrected chi connectivity index (χ1v) is 9.31. The highest BCUT2D eigenvalue weighted by atomic mass is 32.2. The van der Waals surface area contributed by atoms with Crippen LogP contribution in [0.15, 0.2) is 53.1 Å². The van der Waals surface area contributed by atoms with Crippen LogP contribution in [0.25, 0.3) is 5.70 Å². The highest BCUT2D eigenvalue weighted by Crippen LogP contribution is 2.46. The van der Waals surface area contributed by atoms with Crippen LogP contribution in [0.1, 0.15) is 35.3 Å². The molecule has 0 spiro atoms. The molecular formula is C20H16F3NO3S. The fraction of sp³-hybridized carbons (Fsp3) is 0.250. The van der Waals surface area contributed by atoms with E-state index in [2.05, 4.69) is 0 Å². The minimum Gasteiger partial charge on any atom is -0.506 e. The molecule has 4 rings (SSSR count). The lowest BCUT2D eigenvalue weighted by molar-refractivity contribution is -0.0328. The number of aliphatic hydroxyl groups is 1. The van der Waals surface area contributed by atoms with Crippen molar-refractivity contribution in [2.24, 2.45) is 0 Å². The lowest BCUT2D eigenvalue weighted by Crippen LogP contribution is -2.38. The predicted molar refractivity (Wildman–Crippen MR) is 98.9 cm³/mol. The summed E-state index contributed by atoms with van der Waals surface area (Å²) < 4.78 is 44.2. The van der Waals surface area contributed by atoms with Gasteiger partial charge in [0.1, 0.15) is 5.75 Å². The molecule has 0 atom stereocenters. The highest BCUT2D eigenvalue weighted by Gasteiger charge is 2.42. The van der Waals surface area contributed by atoms with Gasteiger partial charge < -0.3 is 9.84 Å². The van der Waals surface area contributed by atoms with Crippen molar-refractivity contribution < 1.29 is 27.8 Å². The fourth-order valence-corrected chi connectivity index (χ4v) is 4.00. The van der Waals surface area contributed by atoms with Crippen LogP contribution in [0.4, 0.5) is 13.2 Å². The second kappa shape index (κ2) is 6.20. The number of carbonyl (C=O) groups excluding carboxylic acids is 1. The minimum absolute atomic E-state index is 0.0518. The molecule has 2 heterocycles. The molecule has 0 aromatic heterocycles. The van der Waals surface area contributed by atoms with Gasteiger partial charge in [-0.15, -0.1) is 0 Å². The maximum absolute atomic E-state index is 12.9. The molecule has 8 heteroatoms. The standard InChI is InChI=1S/C20H16F3NO3S/c1-19(2)17(25)16(24-10-11-5-3-4-6-13(11)18(24)26)14-9-12(28-20(21,22)23)7-8-15(14)27-19/h3-9,25H,10H2,1-2H3. The fourth-order valence-electron chi connectivity index (χ4n) is 3.42. The topological polar surface area (TPSA) is 49.8 Å². The van der Waals surface area contributed by atoms with Gasteiger partial charge in [0.2, 0.25) is 0 Å². The number of nitrogens with zero attached hydrogens (tertiary/aromatic N) is 1. The number of rotatable bonds is 2. The third-order valence-corrected chi connectivity index (χ3v) is 5.41. The Balaban J connectivity index is 1.84. The molecule has 4 nitrogen and oxygen atoms in total. The first kappa shape index (κ1) is 18.7. The summed E-state index contributed by atoms with van der Waals surface area (Å²) in [6, 6.07) is 11.1. The Bertz CT molecular complexity index is 1010. The van der Waals surface area contributed by atoms with E-state index in [-0.39, 0.29) is 46.1 Å². The SMILES string of the molecule is CC1(C)Oc2ccc(SC(F)(F)F)cc2C(N2Cc3ccccc3C2=O)=C1O. The number of aliphatic hydroxyl groups excluding tert-OH is 1. The summed E-state index contributed by atoms with van der Waals surface area (Å²) in [4.78, 5) is 14.3. The monoisotopic (exact) mass is 407 g/mol. The van der Waals surface area contributed by atoms with Crippen LogP contribution in [0.5, 0.6) is 5.75 Å². The molecule has 0 aliphatic carbocycles. The molecule has 0 fully saturated rings. The zero-order valence-electron chi connectivity index (χ0n) is 15.0. The molecule has 0 saturated carbocycles. The van der Waals surface area contributed by atoms with E-state index in [0.717, 1.165) is 5.56 Å². The van der Waals surface area contributed by atoms with Crippen molar-refractivity contribution in [3.05, 3.63) is 64.9 Å². The van der Waals surface area contributed by atoms with Crippen LogP contribution in [-0.4, -0.2) is 27.0 Å². The number of benzene rings is 2. The summed E-state index contributed by atoms with van der Waals surface area (Å²) in [5.74, 6) is -0.196. The van der Waals surface area contributed by atoms with Gasteiger partial charge in [0.05, 0.1) is 12.2 Å². The van der Waals surface area contributed by atoms with Gasteiger partial charge in [0, 0.05) is 16.0 Å². The van der Waals surface area contributed by atoms with E-state index < -0.39 is 11.1 Å². The highest BCUT2D eigenvalue weighted by molar-refractivity contribution is 8.00. The number of ether oxygens (including phenoxy) is 1. The predicted octanol–water partition coefficient (Wildman–Crippen LogP) is 5.35. The van der Waals surface area contributed by atoms with Crippen molar-refractivity contribution in [3.8, 4) is 5.75 Å². The normalized spacial score (nSPS) is 18.0. The Morgan fingerprint density at radius 3 is 2.54 bits per heavy atom. The molecule has 28 heavy (non-hydrogen) atoms. The van der Waals surface area contributed by atoms with Crippen LogP contribution in [0.2, 0.25) is 0 Å². The maximum atomic E-state index is 12.9. The van der Waals surface area contributed by atoms with E-state index >= 15 is 0 Å². The third-order valence-electron chi connectivity index (χ3n) is 4.69. The Morgan fingerprint density at radius 2 is 1.86 bits per heavy atom. The van der Waals surface area contributed by atoms with E-state index in [1.165, 1.54) is 23.1 Å². The second-order valence-electron chi connectivity index (χ2n) is 7.06. The number of alkyl halides is 3. The van der Waals surface area contributed by atoms with E-state index in [1.54, 1.807) is 26.0 Å². The van der Waals surface area contributed by atoms with E-state index in [4.69, 9.17) is 4.74 Å². The second-order valence-corrected chi connectivity index (χ2v) is 8.20. The average molecular weight is 407 g/mol. The molecular weight excluding hydrogens is 391 g/mol. The molecule has 146 valence electrons. The molecule has 1 N–H and O–H groups in total. The van der Waals surface area contributed by atoms with Crippen molar-refractivity contribution in [1.29, 1.82) is 0 Å². The number of fused-ring (bicyclic) bond motifs is 2. The van der Waals surface area contributed by atoms with Crippen molar-refractivity contribution in [3.63, 3.8) is 0 Å². The number of carbonyl (C=O) groups is 1. The Labute approximate surface area is 163 Å². The van der Waals surface area contributed by atoms with Gasteiger partial charge in [0.15, 0.2) is 11.4 Å². The van der Waals surface area contributed by atoms with Crippen molar-refractivity contribution in [2.45, 2.75) is 36.4 Å². The Hall–Kier alpha value is -2.61. The molecule has 2 aliphatic heterocycles. The number of hydrogen-bond acceptors (Lipinski definition) is 4. The summed E-state index contributed by atoms with van der Waals surface area (Å²) in [5, 5.41) is 10.9. The van der Waals surface area contributed by atoms with Crippen LogP contribution < -0.4 is 4.74 Å². The zero-order valence-corrected chi connectivity index (χ0v) is 15.8. The number of amides is 1. The van der Waals surface area contributed by atoms with Crippen molar-refractivity contribution in [1.82, 2.24) is 4.90 Å². The van der Waals surface area contributed by atoms with Gasteiger partial charge in [-0.2, -0.15) is 13.2 Å². The maximum Gasteiger partial charge on any atom is 0.446 e. The van der Waals surface area contributed by atoms with Crippen LogP contribution in [0.3, 0.4) is 0 Å². The lowest BCUT2D eigenvalue weighted by Gasteiger charge is -2.36. The first-order valence-electron chi connectivity index (χ1n) is 8.49. The van der Waals surface area contributed by atoms with Crippen LogP contribution in [0, 0.1) is 0 Å². The average Bonchev–Trinajstić information content (AvgIpc) is 2.92. The van der Waals surface area contributed by atoms with Gasteiger partial charge in [0.25, 0.3) is 5.91 Å². The van der Waals surface area contributed by atoms with Crippen molar-refractivity contribution in [2.75, 3.05) is 0 Å². The van der Waals surface area contributed by atoms with Crippen molar-refractivity contribution >= 4 is 23.4 Å². The zero-order chi connectivity index (χ0) is 20.3. The largest absolute Gasteiger partial charge is 0.506 e. The summed E-state index contributed by atoms with van der Waals surface area (Å²) >= 11 is -0.256. The Kier molecular flexibility index (Phi) is 4.15. The molecule has 0 radical (unpaired) electrons. The Morgan fingerprint density at radius 1 is 1.14 bits per heavy atom. The van der Waals surface area contributed by atoms with Gasteiger partial charge in [-0.3, -0.25) is 9.69 Å². The van der Waals surface area contributed by atoms with Gasteiger partial charge in [-0.25, -0.2) is 0 Å². The molecule has 1 amide bonds. The molecule has 2 aromatic carbocycles. The molecule has 0 saturated heterocycles. The molecule has 0 unspecified atom stereocenters. The van der Waals surface area contributed by atoms with Crippen LogP contribution in [-0.2, 0) is 6.54 Å². The number of thioether (sulfide) groups is 1. The van der Waals surface area contributed by atoms with E-state index in [1.807, 2.05) is 12.1 Å². The van der Waals surface area contributed by atoms with Crippen LogP contribution >= 0.6 is 11.8 Å². The first-order chi connectivity index (χ1) is 13.1. The lowest BCUT2D eigenvalue weighted by atomic mass is 9.96. The molecule has 0 bridgehead atoms. The third kappa shape index (κ3) is 3.11. The summed E-state index contributed by atoms with van der Waals surface area (Å²) in [6.45, 7) is 3.50. The van der Waals surface area contributed by atoms with Gasteiger partial charge in [-0.05, 0) is 55.4 Å². The van der Waals surface area contributed by atoms with E-state index in [9.17, 15) is 23.1 Å². The quantitative estimate of drug-likeness (QED) is 0.682. The summed E-state index contributed by atoms with van der Waals surface area (Å²) in [6.07, 6.45) is 0. The van der Waals surface area contributed by atoms with Gasteiger partial charge in [-0.1, -0.05) is 18.2 Å². The minimum atomic E-state index is -4.45. The molecule has 2 aliphatic rings. The van der Waals surface area contributed by atoms with E-state index in [0.29, 0.717) is 11.3 Å². The summed E-state index contributed by atoms with van der Waals surface area (Å²) in [5.41, 5.74) is -3.84. The number of hydrogen-bond donors (Lipinski definition) is 1. The number of halogens is 3. The van der Waals surface area contributed by atoms with Gasteiger partial charge >= 0.3 is 5.51 Å². The smallest absolute Gasteiger partial charge is 0.446 e. The molecule has 2 aromatic rings. The summed E-state index contributed by atoms with van der Waals surface area (Å²) in [7, 11) is 0.